The van der Waals surface area contributed by atoms with E-state index in [4.69, 9.17) is 4.74 Å². The van der Waals surface area contributed by atoms with Crippen LogP contribution in [0.1, 0.15) is 58.8 Å². The van der Waals surface area contributed by atoms with Crippen LogP contribution in [0.15, 0.2) is 0 Å². The van der Waals surface area contributed by atoms with Crippen molar-refractivity contribution in [2.75, 3.05) is 19.8 Å². The van der Waals surface area contributed by atoms with Gasteiger partial charge >= 0.3 is 0 Å². The molecule has 1 saturated heterocycles. The highest BCUT2D eigenvalue weighted by atomic mass is 16.5. The first kappa shape index (κ1) is 14.8. The van der Waals surface area contributed by atoms with Gasteiger partial charge in [0.15, 0.2) is 0 Å². The number of amides is 1. The van der Waals surface area contributed by atoms with Crippen LogP contribution < -0.4 is 5.32 Å². The van der Waals surface area contributed by atoms with E-state index in [0.717, 1.165) is 58.3 Å². The molecular formula is C15H28N2O2. The summed E-state index contributed by atoms with van der Waals surface area (Å²) in [5.41, 5.74) is -0.164. The number of rotatable bonds is 9. The fraction of sp³-hybridized carbons (Fsp3) is 0.933. The molecule has 2 aliphatic rings. The number of carbonyl (C=O) groups is 1. The van der Waals surface area contributed by atoms with E-state index in [1.807, 2.05) is 0 Å². The molecule has 1 unspecified atom stereocenters. The third-order valence-corrected chi connectivity index (χ3v) is 4.13. The maximum absolute atomic E-state index is 12.4. The summed E-state index contributed by atoms with van der Waals surface area (Å²) < 4.78 is 5.57. The van der Waals surface area contributed by atoms with Crippen molar-refractivity contribution in [2.24, 2.45) is 0 Å². The molecule has 110 valence electrons. The molecule has 0 aromatic rings. The molecule has 2 fully saturated rings. The van der Waals surface area contributed by atoms with Gasteiger partial charge in [0.25, 0.3) is 0 Å². The van der Waals surface area contributed by atoms with Crippen LogP contribution in [-0.2, 0) is 9.53 Å². The average molecular weight is 268 g/mol. The molecule has 0 radical (unpaired) electrons. The monoisotopic (exact) mass is 268 g/mol. The minimum atomic E-state index is -0.164. The summed E-state index contributed by atoms with van der Waals surface area (Å²) in [5.74, 6) is 0.333. The number of nitrogens with zero attached hydrogens (tertiary/aromatic N) is 1. The Bertz CT molecular complexity index is 303. The predicted molar refractivity (Wildman–Crippen MR) is 75.9 cm³/mol. The number of hydrogen-bond acceptors (Lipinski definition) is 3. The smallest absolute Gasteiger partial charge is 0.244 e. The number of nitrogens with one attached hydrogen (secondary N) is 1. The van der Waals surface area contributed by atoms with Crippen molar-refractivity contribution >= 4 is 5.91 Å². The number of carbonyl (C=O) groups excluding carboxylic acids is 1. The van der Waals surface area contributed by atoms with Crippen LogP contribution in [0.3, 0.4) is 0 Å². The normalized spacial score (nSPS) is 24.4. The molecule has 1 saturated carbocycles. The second-order valence-corrected chi connectivity index (χ2v) is 5.85. The lowest BCUT2D eigenvalue weighted by molar-refractivity contribution is -0.131. The van der Waals surface area contributed by atoms with Crippen LogP contribution in [0.25, 0.3) is 0 Å². The fourth-order valence-electron chi connectivity index (χ4n) is 2.80. The molecule has 4 heteroatoms. The van der Waals surface area contributed by atoms with E-state index in [9.17, 15) is 4.79 Å². The molecule has 1 amide bonds. The maximum Gasteiger partial charge on any atom is 0.244 e. The fourth-order valence-corrected chi connectivity index (χ4v) is 2.80. The molecule has 1 spiro atoms. The highest BCUT2D eigenvalue weighted by Gasteiger charge is 2.58. The van der Waals surface area contributed by atoms with E-state index < -0.39 is 0 Å². The van der Waals surface area contributed by atoms with Crippen molar-refractivity contribution in [2.45, 2.75) is 70.5 Å². The Kier molecular flexibility index (Phi) is 5.22. The van der Waals surface area contributed by atoms with E-state index in [1.54, 1.807) is 0 Å². The average Bonchev–Trinajstić information content (AvgIpc) is 3.13. The van der Waals surface area contributed by atoms with Gasteiger partial charge in [-0.3, -0.25) is 10.1 Å². The minimum absolute atomic E-state index is 0.164. The summed E-state index contributed by atoms with van der Waals surface area (Å²) in [7, 11) is 0. The van der Waals surface area contributed by atoms with Crippen molar-refractivity contribution in [3.05, 3.63) is 0 Å². The third-order valence-electron chi connectivity index (χ3n) is 4.13. The van der Waals surface area contributed by atoms with Crippen molar-refractivity contribution in [3.63, 3.8) is 0 Å². The molecule has 0 bridgehead atoms. The molecule has 1 heterocycles. The lowest BCUT2D eigenvalue weighted by Gasteiger charge is -2.23. The van der Waals surface area contributed by atoms with Gasteiger partial charge in [-0.15, -0.1) is 0 Å². The van der Waals surface area contributed by atoms with Crippen molar-refractivity contribution in [1.82, 2.24) is 10.2 Å². The first-order chi connectivity index (χ1) is 9.23. The molecule has 0 aromatic heterocycles. The Hall–Kier alpha value is -0.610. The molecule has 2 rings (SSSR count). The zero-order chi connectivity index (χ0) is 13.7. The molecule has 19 heavy (non-hydrogen) atoms. The van der Waals surface area contributed by atoms with E-state index in [1.165, 1.54) is 6.42 Å². The van der Waals surface area contributed by atoms with Gasteiger partial charge in [0.1, 0.15) is 0 Å². The zero-order valence-corrected chi connectivity index (χ0v) is 12.4. The Balaban J connectivity index is 1.72. The second-order valence-electron chi connectivity index (χ2n) is 5.85. The van der Waals surface area contributed by atoms with Crippen LogP contribution in [0.4, 0.5) is 0 Å². The van der Waals surface area contributed by atoms with Crippen LogP contribution in [0.2, 0.25) is 0 Å². The van der Waals surface area contributed by atoms with Crippen LogP contribution in [0, 0.1) is 0 Å². The predicted octanol–water partition coefficient (Wildman–Crippen LogP) is 2.28. The highest BCUT2D eigenvalue weighted by molar-refractivity contribution is 5.91. The van der Waals surface area contributed by atoms with Gasteiger partial charge in [-0.1, -0.05) is 26.7 Å². The SMILES string of the molecule is CCCCOCCCN1C(=O)C2(CC2)NC1CCC. The van der Waals surface area contributed by atoms with Crippen LogP contribution in [-0.4, -0.2) is 42.3 Å². The first-order valence-corrected chi connectivity index (χ1v) is 7.90. The van der Waals surface area contributed by atoms with Crippen molar-refractivity contribution in [1.29, 1.82) is 0 Å². The van der Waals surface area contributed by atoms with E-state index in [0.29, 0.717) is 5.91 Å². The number of ether oxygens (including phenoxy) is 1. The maximum atomic E-state index is 12.4. The summed E-state index contributed by atoms with van der Waals surface area (Å²) in [4.78, 5) is 14.4. The first-order valence-electron chi connectivity index (χ1n) is 7.90. The zero-order valence-electron chi connectivity index (χ0n) is 12.4. The topological polar surface area (TPSA) is 41.6 Å². The van der Waals surface area contributed by atoms with Gasteiger partial charge in [0.05, 0.1) is 11.7 Å². The Morgan fingerprint density at radius 2 is 2.00 bits per heavy atom. The third kappa shape index (κ3) is 3.48. The van der Waals surface area contributed by atoms with Gasteiger partial charge in [-0.05, 0) is 32.1 Å². The second kappa shape index (κ2) is 6.71. The molecule has 1 aliphatic carbocycles. The molecule has 4 nitrogen and oxygen atoms in total. The van der Waals surface area contributed by atoms with Gasteiger partial charge in [-0.25, -0.2) is 0 Å². The molecule has 1 aliphatic heterocycles. The molecular weight excluding hydrogens is 240 g/mol. The standard InChI is InChI=1S/C15H28N2O2/c1-3-5-11-19-12-6-10-17-13(7-4-2)16-15(8-9-15)14(17)18/h13,16H,3-12H2,1-2H3. The lowest BCUT2D eigenvalue weighted by Crippen LogP contribution is -2.38. The Morgan fingerprint density at radius 3 is 2.63 bits per heavy atom. The van der Waals surface area contributed by atoms with Crippen molar-refractivity contribution < 1.29 is 9.53 Å². The summed E-state index contributed by atoms with van der Waals surface area (Å²) >= 11 is 0. The van der Waals surface area contributed by atoms with Gasteiger partial charge in [0, 0.05) is 19.8 Å². The molecule has 1 atom stereocenters. The van der Waals surface area contributed by atoms with Gasteiger partial charge in [-0.2, -0.15) is 0 Å². The molecule has 0 aromatic carbocycles. The van der Waals surface area contributed by atoms with Gasteiger partial charge in [0.2, 0.25) is 5.91 Å². The van der Waals surface area contributed by atoms with Crippen LogP contribution in [0.5, 0.6) is 0 Å². The summed E-state index contributed by atoms with van der Waals surface area (Å²) in [6.45, 7) is 6.81. The van der Waals surface area contributed by atoms with E-state index in [-0.39, 0.29) is 11.7 Å². The summed E-state index contributed by atoms with van der Waals surface area (Å²) in [6.07, 6.45) is 7.74. The van der Waals surface area contributed by atoms with Crippen LogP contribution >= 0.6 is 0 Å². The highest BCUT2D eigenvalue weighted by Crippen LogP contribution is 2.42. The molecule has 1 N–H and O–H groups in total. The minimum Gasteiger partial charge on any atom is -0.381 e. The largest absolute Gasteiger partial charge is 0.381 e. The Labute approximate surface area is 116 Å². The van der Waals surface area contributed by atoms with E-state index >= 15 is 0 Å². The summed E-state index contributed by atoms with van der Waals surface area (Å²) in [6, 6.07) is 0. The van der Waals surface area contributed by atoms with E-state index in [2.05, 4.69) is 24.1 Å². The summed E-state index contributed by atoms with van der Waals surface area (Å²) in [5, 5.41) is 3.54. The quantitative estimate of drug-likeness (QED) is 0.652. The number of hydrogen-bond donors (Lipinski definition) is 1. The number of unbranched alkanes of at least 4 members (excludes halogenated alkanes) is 1. The van der Waals surface area contributed by atoms with Crippen molar-refractivity contribution in [3.8, 4) is 0 Å². The van der Waals surface area contributed by atoms with Gasteiger partial charge < -0.3 is 9.64 Å². The Morgan fingerprint density at radius 1 is 1.26 bits per heavy atom. The lowest BCUT2D eigenvalue weighted by atomic mass is 10.2.